The fraction of sp³-hybridized carbons (Fsp3) is 0.533. The van der Waals surface area contributed by atoms with E-state index in [-0.39, 0.29) is 17.8 Å². The molecule has 0 bridgehead atoms. The molecule has 3 nitrogen and oxygen atoms in total. The molecule has 5 heteroatoms. The number of ether oxygens (including phenoxy) is 1. The maximum atomic E-state index is 13.7. The second kappa shape index (κ2) is 7.04. The lowest BCUT2D eigenvalue weighted by Gasteiger charge is -2.09. The number of alkyl halides is 1. The third kappa shape index (κ3) is 3.49. The highest BCUT2D eigenvalue weighted by atomic mass is 35.5. The molecule has 2 aromatic rings. The number of fused-ring (bicyclic) bond motifs is 1. The van der Waals surface area contributed by atoms with Crippen molar-refractivity contribution in [2.24, 2.45) is 0 Å². The Morgan fingerprint density at radius 3 is 2.85 bits per heavy atom. The van der Waals surface area contributed by atoms with Crippen LogP contribution in [0.1, 0.15) is 32.5 Å². The number of benzene rings is 1. The standard InChI is InChI=1S/C15H20ClFN2O/c1-11(2)20-9-4-3-8-19-13-7-5-6-12(17)15(13)18-14(19)10-16/h5-7,11H,3-4,8-10H2,1-2H3. The molecule has 0 aliphatic carbocycles. The highest BCUT2D eigenvalue weighted by Gasteiger charge is 2.12. The van der Waals surface area contributed by atoms with Gasteiger partial charge in [-0.25, -0.2) is 9.37 Å². The van der Waals surface area contributed by atoms with E-state index in [0.29, 0.717) is 5.52 Å². The van der Waals surface area contributed by atoms with Crippen molar-refractivity contribution in [3.63, 3.8) is 0 Å². The van der Waals surface area contributed by atoms with Crippen molar-refractivity contribution in [3.05, 3.63) is 29.8 Å². The first-order chi connectivity index (χ1) is 9.63. The van der Waals surface area contributed by atoms with E-state index in [4.69, 9.17) is 16.3 Å². The average Bonchev–Trinajstić information content (AvgIpc) is 2.78. The van der Waals surface area contributed by atoms with Crippen LogP contribution in [-0.4, -0.2) is 22.3 Å². The van der Waals surface area contributed by atoms with Crippen LogP contribution in [0.3, 0.4) is 0 Å². The van der Waals surface area contributed by atoms with Crippen molar-refractivity contribution in [2.45, 2.75) is 45.2 Å². The molecule has 0 fully saturated rings. The zero-order valence-electron chi connectivity index (χ0n) is 11.9. The first-order valence-electron chi connectivity index (χ1n) is 6.94. The molecule has 1 aromatic heterocycles. The summed E-state index contributed by atoms with van der Waals surface area (Å²) in [6.07, 6.45) is 2.18. The molecular formula is C15H20ClFN2O. The molecule has 2 rings (SSSR count). The summed E-state index contributed by atoms with van der Waals surface area (Å²) in [5.41, 5.74) is 1.21. The first-order valence-corrected chi connectivity index (χ1v) is 7.48. The molecule has 0 aliphatic heterocycles. The number of halogens is 2. The molecule has 0 radical (unpaired) electrons. The lowest BCUT2D eigenvalue weighted by molar-refractivity contribution is 0.0754. The van der Waals surface area contributed by atoms with Gasteiger partial charge in [0, 0.05) is 13.2 Å². The number of aryl methyl sites for hydroxylation is 1. The van der Waals surface area contributed by atoms with E-state index < -0.39 is 0 Å². The van der Waals surface area contributed by atoms with Crippen LogP contribution in [0.25, 0.3) is 11.0 Å². The number of imidazole rings is 1. The van der Waals surface area contributed by atoms with Gasteiger partial charge in [-0.05, 0) is 38.8 Å². The van der Waals surface area contributed by atoms with Crippen LogP contribution >= 0.6 is 11.6 Å². The van der Waals surface area contributed by atoms with Gasteiger partial charge in [0.2, 0.25) is 0 Å². The maximum absolute atomic E-state index is 13.7. The highest BCUT2D eigenvalue weighted by molar-refractivity contribution is 6.16. The average molecular weight is 299 g/mol. The van der Waals surface area contributed by atoms with E-state index >= 15 is 0 Å². The molecule has 0 saturated heterocycles. The van der Waals surface area contributed by atoms with Crippen LogP contribution in [0, 0.1) is 5.82 Å². The SMILES string of the molecule is CC(C)OCCCCn1c(CCl)nc2c(F)cccc21. The van der Waals surface area contributed by atoms with Crippen molar-refractivity contribution >= 4 is 22.6 Å². The van der Waals surface area contributed by atoms with Crippen molar-refractivity contribution in [1.29, 1.82) is 0 Å². The van der Waals surface area contributed by atoms with E-state index in [1.807, 2.05) is 24.5 Å². The van der Waals surface area contributed by atoms with Crippen LogP contribution in [0.15, 0.2) is 18.2 Å². The van der Waals surface area contributed by atoms with Crippen LogP contribution in [-0.2, 0) is 17.2 Å². The fourth-order valence-corrected chi connectivity index (χ4v) is 2.41. The summed E-state index contributed by atoms with van der Waals surface area (Å²) in [5, 5.41) is 0. The molecule has 0 atom stereocenters. The van der Waals surface area contributed by atoms with Gasteiger partial charge in [0.25, 0.3) is 0 Å². The Hall–Kier alpha value is -1.13. The minimum atomic E-state index is -0.296. The second-order valence-electron chi connectivity index (χ2n) is 5.05. The largest absolute Gasteiger partial charge is 0.379 e. The lowest BCUT2D eigenvalue weighted by Crippen LogP contribution is -2.07. The summed E-state index contributed by atoms with van der Waals surface area (Å²) in [6.45, 7) is 5.58. The number of nitrogens with zero attached hydrogens (tertiary/aromatic N) is 2. The van der Waals surface area contributed by atoms with Gasteiger partial charge in [0.1, 0.15) is 11.3 Å². The number of hydrogen-bond donors (Lipinski definition) is 0. The van der Waals surface area contributed by atoms with Gasteiger partial charge < -0.3 is 9.30 Å². The van der Waals surface area contributed by atoms with Crippen molar-refractivity contribution in [1.82, 2.24) is 9.55 Å². The summed E-state index contributed by atoms with van der Waals surface area (Å²) >= 11 is 5.91. The summed E-state index contributed by atoms with van der Waals surface area (Å²) in [5.74, 6) is 0.712. The van der Waals surface area contributed by atoms with E-state index in [2.05, 4.69) is 4.98 Å². The predicted molar refractivity (Wildman–Crippen MR) is 79.6 cm³/mol. The summed E-state index contributed by atoms with van der Waals surface area (Å²) in [4.78, 5) is 4.28. The monoisotopic (exact) mass is 298 g/mol. The molecule has 0 spiro atoms. The molecule has 0 amide bonds. The smallest absolute Gasteiger partial charge is 0.151 e. The molecule has 20 heavy (non-hydrogen) atoms. The Morgan fingerprint density at radius 1 is 1.35 bits per heavy atom. The molecule has 0 unspecified atom stereocenters. The number of unbranched alkanes of at least 4 members (excludes halogenated alkanes) is 1. The predicted octanol–water partition coefficient (Wildman–Crippen LogP) is 4.12. The van der Waals surface area contributed by atoms with Gasteiger partial charge in [0.15, 0.2) is 5.82 Å². The summed E-state index contributed by atoms with van der Waals surface area (Å²) in [6, 6.07) is 5.01. The normalized spacial score (nSPS) is 11.7. The number of rotatable bonds is 7. The Labute approximate surface area is 123 Å². The van der Waals surface area contributed by atoms with Crippen molar-refractivity contribution in [2.75, 3.05) is 6.61 Å². The number of aromatic nitrogens is 2. The van der Waals surface area contributed by atoms with Gasteiger partial charge in [0.05, 0.1) is 17.5 Å². The summed E-state index contributed by atoms with van der Waals surface area (Å²) < 4.78 is 21.2. The molecule has 0 N–H and O–H groups in total. The van der Waals surface area contributed by atoms with E-state index in [0.717, 1.165) is 37.3 Å². The van der Waals surface area contributed by atoms with E-state index in [9.17, 15) is 4.39 Å². The van der Waals surface area contributed by atoms with Crippen molar-refractivity contribution < 1.29 is 9.13 Å². The Kier molecular flexibility index (Phi) is 5.38. The minimum absolute atomic E-state index is 0.261. The zero-order valence-corrected chi connectivity index (χ0v) is 12.7. The zero-order chi connectivity index (χ0) is 14.5. The van der Waals surface area contributed by atoms with Crippen LogP contribution < -0.4 is 0 Å². The molecule has 1 heterocycles. The van der Waals surface area contributed by atoms with E-state index in [1.54, 1.807) is 6.07 Å². The molecule has 1 aromatic carbocycles. The molecule has 0 saturated carbocycles. The third-order valence-electron chi connectivity index (χ3n) is 3.16. The Bertz CT molecular complexity index is 568. The quantitative estimate of drug-likeness (QED) is 0.568. The molecular weight excluding hydrogens is 279 g/mol. The van der Waals surface area contributed by atoms with Crippen LogP contribution in [0.2, 0.25) is 0 Å². The topological polar surface area (TPSA) is 27.1 Å². The Morgan fingerprint density at radius 2 is 2.15 bits per heavy atom. The second-order valence-corrected chi connectivity index (χ2v) is 5.31. The maximum Gasteiger partial charge on any atom is 0.151 e. The van der Waals surface area contributed by atoms with Gasteiger partial charge in [-0.1, -0.05) is 6.07 Å². The molecule has 110 valence electrons. The molecule has 0 aliphatic rings. The number of hydrogen-bond acceptors (Lipinski definition) is 2. The first kappa shape index (κ1) is 15.3. The third-order valence-corrected chi connectivity index (χ3v) is 3.39. The van der Waals surface area contributed by atoms with Gasteiger partial charge in [-0.2, -0.15) is 0 Å². The minimum Gasteiger partial charge on any atom is -0.379 e. The highest BCUT2D eigenvalue weighted by Crippen LogP contribution is 2.21. The van der Waals surface area contributed by atoms with Gasteiger partial charge in [-0.3, -0.25) is 0 Å². The van der Waals surface area contributed by atoms with Crippen molar-refractivity contribution in [3.8, 4) is 0 Å². The van der Waals surface area contributed by atoms with Crippen LogP contribution in [0.5, 0.6) is 0 Å². The summed E-state index contributed by atoms with van der Waals surface area (Å²) in [7, 11) is 0. The van der Waals surface area contributed by atoms with Gasteiger partial charge >= 0.3 is 0 Å². The fourth-order valence-electron chi connectivity index (χ4n) is 2.20. The lowest BCUT2D eigenvalue weighted by atomic mass is 10.3. The van der Waals surface area contributed by atoms with Gasteiger partial charge in [-0.15, -0.1) is 11.6 Å². The number of para-hydroxylation sites is 1. The Balaban J connectivity index is 2.07. The van der Waals surface area contributed by atoms with Crippen LogP contribution in [0.4, 0.5) is 4.39 Å². The van der Waals surface area contributed by atoms with E-state index in [1.165, 1.54) is 6.07 Å².